The van der Waals surface area contributed by atoms with Crippen molar-refractivity contribution in [2.24, 2.45) is 5.10 Å². The van der Waals surface area contributed by atoms with E-state index in [9.17, 15) is 0 Å². The standard InChI is InChI=1S/C16H17N3O2/c1-20-15-7-6-11(9-16(15)21-2)13-10-14(19-18-13)12-5-3-4-8-17-12/h3-9,13,18H,10H2,1-2H3. The molecule has 0 amide bonds. The summed E-state index contributed by atoms with van der Waals surface area (Å²) in [4.78, 5) is 4.33. The SMILES string of the molecule is COc1ccc(C2CC(c3ccccn3)=NN2)cc1OC. The van der Waals surface area contributed by atoms with Crippen LogP contribution in [0.2, 0.25) is 0 Å². The fourth-order valence-electron chi connectivity index (χ4n) is 2.40. The summed E-state index contributed by atoms with van der Waals surface area (Å²) in [6.45, 7) is 0. The molecule has 1 unspecified atom stereocenters. The van der Waals surface area contributed by atoms with Crippen molar-refractivity contribution in [1.82, 2.24) is 10.4 Å². The fraction of sp³-hybridized carbons (Fsp3) is 0.250. The molecule has 1 aromatic heterocycles. The van der Waals surface area contributed by atoms with Crippen molar-refractivity contribution in [3.63, 3.8) is 0 Å². The third-order valence-corrected chi connectivity index (χ3v) is 3.52. The number of nitrogens with zero attached hydrogens (tertiary/aromatic N) is 2. The number of aromatic nitrogens is 1. The maximum absolute atomic E-state index is 5.35. The van der Waals surface area contributed by atoms with E-state index >= 15 is 0 Å². The topological polar surface area (TPSA) is 55.7 Å². The first kappa shape index (κ1) is 13.4. The zero-order chi connectivity index (χ0) is 14.7. The van der Waals surface area contributed by atoms with Crippen molar-refractivity contribution in [3.05, 3.63) is 53.9 Å². The number of pyridine rings is 1. The van der Waals surface area contributed by atoms with Crippen molar-refractivity contribution in [2.45, 2.75) is 12.5 Å². The highest BCUT2D eigenvalue weighted by Crippen LogP contribution is 2.32. The second-order valence-corrected chi connectivity index (χ2v) is 4.77. The maximum Gasteiger partial charge on any atom is 0.161 e. The monoisotopic (exact) mass is 283 g/mol. The summed E-state index contributed by atoms with van der Waals surface area (Å²) in [5, 5.41) is 4.39. The van der Waals surface area contributed by atoms with Crippen LogP contribution in [0.4, 0.5) is 0 Å². The third kappa shape index (κ3) is 2.67. The fourth-order valence-corrected chi connectivity index (χ4v) is 2.40. The van der Waals surface area contributed by atoms with Gasteiger partial charge in [0.1, 0.15) is 0 Å². The summed E-state index contributed by atoms with van der Waals surface area (Å²) >= 11 is 0. The van der Waals surface area contributed by atoms with Crippen LogP contribution >= 0.6 is 0 Å². The van der Waals surface area contributed by atoms with Gasteiger partial charge in [-0.05, 0) is 29.8 Å². The van der Waals surface area contributed by atoms with E-state index in [2.05, 4.69) is 15.5 Å². The van der Waals surface area contributed by atoms with Gasteiger partial charge in [0, 0.05) is 12.6 Å². The van der Waals surface area contributed by atoms with Gasteiger partial charge < -0.3 is 14.9 Å². The molecule has 1 aliphatic heterocycles. The van der Waals surface area contributed by atoms with E-state index < -0.39 is 0 Å². The first-order valence-electron chi connectivity index (χ1n) is 6.77. The number of benzene rings is 1. The van der Waals surface area contributed by atoms with E-state index in [1.54, 1.807) is 20.4 Å². The molecule has 1 N–H and O–H groups in total. The van der Waals surface area contributed by atoms with Crippen molar-refractivity contribution < 1.29 is 9.47 Å². The molecule has 0 spiro atoms. The van der Waals surface area contributed by atoms with Crippen LogP contribution < -0.4 is 14.9 Å². The lowest BCUT2D eigenvalue weighted by atomic mass is 10.0. The van der Waals surface area contributed by atoms with Gasteiger partial charge >= 0.3 is 0 Å². The Morgan fingerprint density at radius 3 is 2.67 bits per heavy atom. The van der Waals surface area contributed by atoms with Crippen LogP contribution in [0.5, 0.6) is 11.5 Å². The quantitative estimate of drug-likeness (QED) is 0.937. The van der Waals surface area contributed by atoms with E-state index in [0.29, 0.717) is 0 Å². The number of rotatable bonds is 4. The maximum atomic E-state index is 5.35. The van der Waals surface area contributed by atoms with Gasteiger partial charge in [0.2, 0.25) is 0 Å². The molecule has 0 aliphatic carbocycles. The highest BCUT2D eigenvalue weighted by Gasteiger charge is 2.22. The van der Waals surface area contributed by atoms with Crippen LogP contribution in [0.15, 0.2) is 47.7 Å². The Labute approximate surface area is 123 Å². The first-order valence-corrected chi connectivity index (χ1v) is 6.77. The Morgan fingerprint density at radius 1 is 1.10 bits per heavy atom. The molecule has 0 bridgehead atoms. The molecule has 0 radical (unpaired) electrons. The van der Waals surface area contributed by atoms with Gasteiger partial charge in [0.15, 0.2) is 11.5 Å². The highest BCUT2D eigenvalue weighted by atomic mass is 16.5. The summed E-state index contributed by atoms with van der Waals surface area (Å²) in [6, 6.07) is 11.9. The summed E-state index contributed by atoms with van der Waals surface area (Å²) in [5.74, 6) is 1.45. The van der Waals surface area contributed by atoms with Crippen LogP contribution in [0.3, 0.4) is 0 Å². The second-order valence-electron chi connectivity index (χ2n) is 4.77. The molecule has 3 rings (SSSR count). The molecule has 5 nitrogen and oxygen atoms in total. The average molecular weight is 283 g/mol. The number of hydrogen-bond acceptors (Lipinski definition) is 5. The number of ether oxygens (including phenoxy) is 2. The van der Waals surface area contributed by atoms with Crippen molar-refractivity contribution in [2.75, 3.05) is 14.2 Å². The minimum absolute atomic E-state index is 0.127. The normalized spacial score (nSPS) is 17.0. The largest absolute Gasteiger partial charge is 0.493 e. The Balaban J connectivity index is 1.79. The number of nitrogens with one attached hydrogen (secondary N) is 1. The van der Waals surface area contributed by atoms with Crippen LogP contribution in [-0.2, 0) is 0 Å². The van der Waals surface area contributed by atoms with Crippen LogP contribution in [0.25, 0.3) is 0 Å². The van der Waals surface area contributed by atoms with Gasteiger partial charge in [-0.2, -0.15) is 5.10 Å². The lowest BCUT2D eigenvalue weighted by Gasteiger charge is -2.13. The molecule has 0 fully saturated rings. The van der Waals surface area contributed by atoms with E-state index in [1.807, 2.05) is 36.4 Å². The van der Waals surface area contributed by atoms with Crippen molar-refractivity contribution >= 4 is 5.71 Å². The minimum Gasteiger partial charge on any atom is -0.493 e. The molecule has 2 aromatic rings. The lowest BCUT2D eigenvalue weighted by Crippen LogP contribution is -2.10. The molecule has 0 saturated carbocycles. The third-order valence-electron chi connectivity index (χ3n) is 3.52. The smallest absolute Gasteiger partial charge is 0.161 e. The number of hydrogen-bond donors (Lipinski definition) is 1. The summed E-state index contributed by atoms with van der Waals surface area (Å²) < 4.78 is 10.6. The second kappa shape index (κ2) is 5.83. The first-order chi connectivity index (χ1) is 10.3. The Morgan fingerprint density at radius 2 is 1.95 bits per heavy atom. The predicted molar refractivity (Wildman–Crippen MR) is 80.8 cm³/mol. The van der Waals surface area contributed by atoms with Crippen molar-refractivity contribution in [3.8, 4) is 11.5 Å². The summed E-state index contributed by atoms with van der Waals surface area (Å²) in [6.07, 6.45) is 2.58. The van der Waals surface area contributed by atoms with Gasteiger partial charge in [0.25, 0.3) is 0 Å². The van der Waals surface area contributed by atoms with Crippen LogP contribution in [0.1, 0.15) is 23.7 Å². The van der Waals surface area contributed by atoms with Crippen molar-refractivity contribution in [1.29, 1.82) is 0 Å². The number of hydrazone groups is 1. The highest BCUT2D eigenvalue weighted by molar-refractivity contribution is 6.00. The molecule has 108 valence electrons. The van der Waals surface area contributed by atoms with Gasteiger partial charge in [0.05, 0.1) is 31.7 Å². The van der Waals surface area contributed by atoms with Gasteiger partial charge in [-0.3, -0.25) is 4.98 Å². The molecule has 21 heavy (non-hydrogen) atoms. The Hall–Kier alpha value is -2.56. The van der Waals surface area contributed by atoms with Gasteiger partial charge in [-0.15, -0.1) is 0 Å². The molecule has 2 heterocycles. The molecular formula is C16H17N3O2. The summed E-state index contributed by atoms with van der Waals surface area (Å²) in [7, 11) is 3.27. The summed E-state index contributed by atoms with van der Waals surface area (Å²) in [5.41, 5.74) is 6.15. The van der Waals surface area contributed by atoms with E-state index in [0.717, 1.165) is 34.9 Å². The molecule has 1 aromatic carbocycles. The zero-order valence-corrected chi connectivity index (χ0v) is 12.0. The predicted octanol–water partition coefficient (Wildman–Crippen LogP) is 2.54. The lowest BCUT2D eigenvalue weighted by molar-refractivity contribution is 0.354. The van der Waals surface area contributed by atoms with Gasteiger partial charge in [-0.1, -0.05) is 12.1 Å². The Bertz CT molecular complexity index is 656. The van der Waals surface area contributed by atoms with E-state index in [-0.39, 0.29) is 6.04 Å². The molecule has 5 heteroatoms. The van der Waals surface area contributed by atoms with Gasteiger partial charge in [-0.25, -0.2) is 0 Å². The average Bonchev–Trinajstić information content (AvgIpc) is 3.05. The number of methoxy groups -OCH3 is 2. The van der Waals surface area contributed by atoms with Crippen LogP contribution in [-0.4, -0.2) is 24.9 Å². The van der Waals surface area contributed by atoms with E-state index in [4.69, 9.17) is 9.47 Å². The van der Waals surface area contributed by atoms with E-state index in [1.165, 1.54) is 0 Å². The zero-order valence-electron chi connectivity index (χ0n) is 12.0. The molecule has 1 atom stereocenters. The Kier molecular flexibility index (Phi) is 3.73. The minimum atomic E-state index is 0.127. The van der Waals surface area contributed by atoms with Crippen LogP contribution in [0, 0.1) is 0 Å². The molecule has 1 aliphatic rings. The molecule has 0 saturated heterocycles. The molecular weight excluding hydrogens is 266 g/mol.